The van der Waals surface area contributed by atoms with Gasteiger partial charge in [0.15, 0.2) is 5.75 Å². The van der Waals surface area contributed by atoms with E-state index in [2.05, 4.69) is 31.4 Å². The van der Waals surface area contributed by atoms with Gasteiger partial charge in [-0.1, -0.05) is 50.6 Å². The van der Waals surface area contributed by atoms with Crippen LogP contribution >= 0.6 is 11.6 Å². The van der Waals surface area contributed by atoms with Gasteiger partial charge in [0.25, 0.3) is 5.91 Å². The number of halogens is 1. The molecule has 1 saturated heterocycles. The molecule has 1 aliphatic heterocycles. The molecule has 2 aromatic carbocycles. The highest BCUT2D eigenvalue weighted by Gasteiger charge is 2.56. The van der Waals surface area contributed by atoms with E-state index < -0.39 is 24.0 Å². The number of urea groups is 1. The average Bonchev–Trinajstić information content (AvgIpc) is 2.92. The second-order valence-corrected chi connectivity index (χ2v) is 10.3. The number of ether oxygens (including phenoxy) is 1. The maximum absolute atomic E-state index is 13.3. The number of carbonyl (C=O) groups excluding carboxylic acids is 3. The molecule has 0 bridgehead atoms. The lowest BCUT2D eigenvalue weighted by Gasteiger charge is -2.43. The van der Waals surface area contributed by atoms with Crippen molar-refractivity contribution in [3.63, 3.8) is 0 Å². The van der Waals surface area contributed by atoms with Crippen molar-refractivity contribution >= 4 is 35.1 Å². The van der Waals surface area contributed by atoms with Crippen molar-refractivity contribution in [2.45, 2.75) is 45.6 Å². The Morgan fingerprint density at radius 2 is 1.91 bits per heavy atom. The van der Waals surface area contributed by atoms with Crippen molar-refractivity contribution in [2.24, 2.45) is 11.3 Å². The fourth-order valence-corrected chi connectivity index (χ4v) is 5.46. The van der Waals surface area contributed by atoms with E-state index in [1.54, 1.807) is 30.3 Å². The third-order valence-corrected chi connectivity index (χ3v) is 6.35. The molecule has 1 aliphatic carbocycles. The maximum Gasteiger partial charge on any atom is 0.325 e. The summed E-state index contributed by atoms with van der Waals surface area (Å²) in [5, 5.41) is 6.04. The Morgan fingerprint density at radius 1 is 1.18 bits per heavy atom. The van der Waals surface area contributed by atoms with Crippen LogP contribution in [0.15, 0.2) is 48.5 Å². The number of amides is 4. The number of hydrogen-bond acceptors (Lipinski definition) is 4. The second kappa shape index (κ2) is 8.71. The minimum absolute atomic E-state index is 0.0800. The van der Waals surface area contributed by atoms with Crippen LogP contribution in [0.2, 0.25) is 5.02 Å². The van der Waals surface area contributed by atoms with Gasteiger partial charge in [-0.05, 0) is 60.9 Å². The van der Waals surface area contributed by atoms with Crippen LogP contribution in [0.4, 0.5) is 10.5 Å². The molecule has 1 heterocycles. The van der Waals surface area contributed by atoms with E-state index in [0.717, 1.165) is 11.3 Å². The van der Waals surface area contributed by atoms with Crippen LogP contribution in [0.1, 0.15) is 40.0 Å². The van der Waals surface area contributed by atoms with Crippen molar-refractivity contribution < 1.29 is 19.1 Å². The fourth-order valence-electron chi connectivity index (χ4n) is 5.29. The summed E-state index contributed by atoms with van der Waals surface area (Å²) in [5.41, 5.74) is -0.676. The van der Waals surface area contributed by atoms with Crippen molar-refractivity contribution in [1.29, 1.82) is 0 Å². The van der Waals surface area contributed by atoms with Gasteiger partial charge in [0, 0.05) is 5.02 Å². The van der Waals surface area contributed by atoms with Crippen LogP contribution < -0.4 is 15.4 Å². The van der Waals surface area contributed by atoms with Gasteiger partial charge in [0.2, 0.25) is 5.91 Å². The molecule has 0 radical (unpaired) electrons. The molecular formula is C25H28ClN3O4. The Morgan fingerprint density at radius 3 is 2.61 bits per heavy atom. The van der Waals surface area contributed by atoms with Crippen molar-refractivity contribution in [3.8, 4) is 11.5 Å². The number of carbonyl (C=O) groups is 3. The lowest BCUT2D eigenvalue weighted by molar-refractivity contribution is -0.136. The molecule has 8 heteroatoms. The summed E-state index contributed by atoms with van der Waals surface area (Å²) in [6.07, 6.45) is 2.11. The second-order valence-electron chi connectivity index (χ2n) is 9.86. The highest BCUT2D eigenvalue weighted by molar-refractivity contribution is 6.31. The monoisotopic (exact) mass is 469 g/mol. The molecule has 33 heavy (non-hydrogen) atoms. The van der Waals surface area contributed by atoms with Crippen LogP contribution in [-0.4, -0.2) is 34.8 Å². The Bertz CT molecular complexity index is 1090. The summed E-state index contributed by atoms with van der Waals surface area (Å²) in [6.45, 7) is 5.91. The number of imide groups is 1. The third-order valence-electron chi connectivity index (χ3n) is 6.11. The first-order valence-electron chi connectivity index (χ1n) is 11.0. The summed E-state index contributed by atoms with van der Waals surface area (Å²) in [6, 6.07) is 13.5. The minimum Gasteiger partial charge on any atom is -0.455 e. The van der Waals surface area contributed by atoms with E-state index in [-0.39, 0.29) is 17.2 Å². The Labute approximate surface area is 198 Å². The van der Waals surface area contributed by atoms with Crippen LogP contribution in [0.5, 0.6) is 11.5 Å². The van der Waals surface area contributed by atoms with Crippen LogP contribution in [0, 0.1) is 11.3 Å². The number of nitrogens with one attached hydrogen (secondary N) is 2. The molecule has 1 spiro atoms. The molecule has 2 unspecified atom stereocenters. The summed E-state index contributed by atoms with van der Waals surface area (Å²) >= 11 is 6.12. The molecule has 0 aromatic heterocycles. The van der Waals surface area contributed by atoms with Gasteiger partial charge in [0.05, 0.1) is 5.69 Å². The largest absolute Gasteiger partial charge is 0.455 e. The van der Waals surface area contributed by atoms with Gasteiger partial charge in [-0.25, -0.2) is 4.79 Å². The number of benzene rings is 2. The zero-order valence-electron chi connectivity index (χ0n) is 19.0. The predicted molar refractivity (Wildman–Crippen MR) is 126 cm³/mol. The SMILES string of the molecule is CC1CC(C)(C)CC2(C1)NC(=O)N(CC(=O)Nc1cc(Cl)ccc1Oc1ccccc1)C2=O. The average molecular weight is 470 g/mol. The van der Waals surface area contributed by atoms with Crippen LogP contribution in [0.3, 0.4) is 0 Å². The molecule has 4 rings (SSSR count). The molecule has 7 nitrogen and oxygen atoms in total. The van der Waals surface area contributed by atoms with Crippen LogP contribution in [0.25, 0.3) is 0 Å². The molecule has 4 amide bonds. The first kappa shape index (κ1) is 23.1. The maximum atomic E-state index is 13.3. The van der Waals surface area contributed by atoms with Crippen LogP contribution in [-0.2, 0) is 9.59 Å². The Balaban J connectivity index is 1.49. The lowest BCUT2D eigenvalue weighted by Crippen LogP contribution is -2.54. The van der Waals surface area contributed by atoms with E-state index in [0.29, 0.717) is 35.1 Å². The van der Waals surface area contributed by atoms with E-state index in [1.807, 2.05) is 18.2 Å². The topological polar surface area (TPSA) is 87.7 Å². The molecule has 174 valence electrons. The quantitative estimate of drug-likeness (QED) is 0.588. The number of hydrogen-bond donors (Lipinski definition) is 2. The first-order valence-corrected chi connectivity index (χ1v) is 11.4. The highest BCUT2D eigenvalue weighted by Crippen LogP contribution is 2.46. The highest BCUT2D eigenvalue weighted by atomic mass is 35.5. The van der Waals surface area contributed by atoms with Gasteiger partial charge in [0.1, 0.15) is 17.8 Å². The smallest absolute Gasteiger partial charge is 0.325 e. The summed E-state index contributed by atoms with van der Waals surface area (Å²) in [7, 11) is 0. The molecule has 1 saturated carbocycles. The molecule has 2 aromatic rings. The number of rotatable bonds is 5. The van der Waals surface area contributed by atoms with Gasteiger partial charge in [-0.15, -0.1) is 0 Å². The minimum atomic E-state index is -0.948. The van der Waals surface area contributed by atoms with Crippen molar-refractivity contribution in [3.05, 3.63) is 53.6 Å². The zero-order chi connectivity index (χ0) is 23.8. The normalized spacial score (nSPS) is 24.0. The molecule has 2 N–H and O–H groups in total. The molecule has 2 aliphatic rings. The van der Waals surface area contributed by atoms with Crippen molar-refractivity contribution in [1.82, 2.24) is 10.2 Å². The lowest BCUT2D eigenvalue weighted by atomic mass is 9.64. The van der Waals surface area contributed by atoms with E-state index in [4.69, 9.17) is 16.3 Å². The van der Waals surface area contributed by atoms with Gasteiger partial charge in [-0.2, -0.15) is 0 Å². The first-order chi connectivity index (χ1) is 15.6. The Hall–Kier alpha value is -3.06. The van der Waals surface area contributed by atoms with E-state index in [9.17, 15) is 14.4 Å². The molecule has 2 atom stereocenters. The van der Waals surface area contributed by atoms with Gasteiger partial charge < -0.3 is 15.4 Å². The van der Waals surface area contributed by atoms with Crippen molar-refractivity contribution in [2.75, 3.05) is 11.9 Å². The number of anilines is 1. The van der Waals surface area contributed by atoms with Gasteiger partial charge in [-0.3, -0.25) is 14.5 Å². The number of para-hydroxylation sites is 1. The third kappa shape index (κ3) is 4.98. The summed E-state index contributed by atoms with van der Waals surface area (Å²) in [4.78, 5) is 39.8. The fraction of sp³-hybridized carbons (Fsp3) is 0.400. The summed E-state index contributed by atoms with van der Waals surface area (Å²) < 4.78 is 5.87. The molecular weight excluding hydrogens is 442 g/mol. The van der Waals surface area contributed by atoms with E-state index >= 15 is 0 Å². The molecule has 2 fully saturated rings. The van der Waals surface area contributed by atoms with E-state index in [1.165, 1.54) is 0 Å². The number of nitrogens with zero attached hydrogens (tertiary/aromatic N) is 1. The predicted octanol–water partition coefficient (Wildman–Crippen LogP) is 5.21. The van der Waals surface area contributed by atoms with Gasteiger partial charge >= 0.3 is 6.03 Å². The zero-order valence-corrected chi connectivity index (χ0v) is 19.7. The standard InChI is InChI=1S/C25H28ClN3O4/c1-16-12-24(2,3)15-25(13-16)22(31)29(23(32)28-25)14-21(30)27-19-11-17(26)9-10-20(19)33-18-7-5-4-6-8-18/h4-11,16H,12-15H2,1-3H3,(H,27,30)(H,28,32). The Kier molecular flexibility index (Phi) is 6.10. The summed E-state index contributed by atoms with van der Waals surface area (Å²) in [5.74, 6) is 0.430.